The van der Waals surface area contributed by atoms with Gasteiger partial charge in [0.25, 0.3) is 5.91 Å². The number of halogens is 1. The average molecular weight is 400 g/mol. The molecule has 1 N–H and O–H groups in total. The molecule has 0 aliphatic carbocycles. The van der Waals surface area contributed by atoms with Crippen LogP contribution in [-0.2, 0) is 26.1 Å². The van der Waals surface area contributed by atoms with Gasteiger partial charge < -0.3 is 14.5 Å². The minimum Gasteiger partial charge on any atom is -0.455 e. The van der Waals surface area contributed by atoms with Crippen LogP contribution < -0.4 is 5.32 Å². The van der Waals surface area contributed by atoms with E-state index in [1.54, 1.807) is 24.3 Å². The van der Waals surface area contributed by atoms with Gasteiger partial charge in [0.2, 0.25) is 0 Å². The van der Waals surface area contributed by atoms with Crippen LogP contribution in [0.5, 0.6) is 0 Å². The fraction of sp³-hybridized carbons (Fsp3) is 0.389. The minimum atomic E-state index is -3.44. The van der Waals surface area contributed by atoms with Crippen LogP contribution >= 0.6 is 11.6 Å². The fourth-order valence-electron chi connectivity index (χ4n) is 2.33. The van der Waals surface area contributed by atoms with Gasteiger partial charge in [0, 0.05) is 24.8 Å². The molecule has 0 saturated heterocycles. The monoisotopic (exact) mass is 399 g/mol. The van der Waals surface area contributed by atoms with Crippen molar-refractivity contribution < 1.29 is 22.4 Å². The molecule has 0 aliphatic rings. The largest absolute Gasteiger partial charge is 0.455 e. The second-order valence-electron chi connectivity index (χ2n) is 5.73. The zero-order chi connectivity index (χ0) is 19.0. The number of ether oxygens (including phenoxy) is 1. The minimum absolute atomic E-state index is 0.0920. The second kappa shape index (κ2) is 9.75. The molecule has 8 heteroatoms. The summed E-state index contributed by atoms with van der Waals surface area (Å²) in [4.78, 5) is 12.0. The van der Waals surface area contributed by atoms with Crippen LogP contribution in [0.4, 0.5) is 0 Å². The molecule has 1 aromatic heterocycles. The third-order valence-electron chi connectivity index (χ3n) is 3.48. The van der Waals surface area contributed by atoms with Crippen molar-refractivity contribution in [1.29, 1.82) is 0 Å². The van der Waals surface area contributed by atoms with Crippen LogP contribution in [0, 0.1) is 0 Å². The molecule has 26 heavy (non-hydrogen) atoms. The molecule has 0 fully saturated rings. The van der Waals surface area contributed by atoms with Gasteiger partial charge in [-0.1, -0.05) is 23.7 Å². The van der Waals surface area contributed by atoms with Crippen molar-refractivity contribution in [2.24, 2.45) is 0 Å². The van der Waals surface area contributed by atoms with Gasteiger partial charge in [-0.15, -0.1) is 0 Å². The predicted molar refractivity (Wildman–Crippen MR) is 99.9 cm³/mol. The Morgan fingerprint density at radius 3 is 2.77 bits per heavy atom. The Morgan fingerprint density at radius 1 is 1.23 bits per heavy atom. The SMILES string of the molecule is CCOCCCNC(=O)c1ccc(CS(=O)(=O)Cc2cccc(Cl)c2)o1. The van der Waals surface area contributed by atoms with Gasteiger partial charge in [-0.05, 0) is 43.2 Å². The van der Waals surface area contributed by atoms with Crippen molar-refractivity contribution in [2.75, 3.05) is 19.8 Å². The van der Waals surface area contributed by atoms with Gasteiger partial charge in [-0.25, -0.2) is 8.42 Å². The smallest absolute Gasteiger partial charge is 0.286 e. The van der Waals surface area contributed by atoms with Crippen molar-refractivity contribution in [3.63, 3.8) is 0 Å². The van der Waals surface area contributed by atoms with E-state index in [9.17, 15) is 13.2 Å². The van der Waals surface area contributed by atoms with Gasteiger partial charge in [0.15, 0.2) is 15.6 Å². The highest BCUT2D eigenvalue weighted by Gasteiger charge is 2.18. The summed E-state index contributed by atoms with van der Waals surface area (Å²) in [6.07, 6.45) is 0.696. The Labute approximate surface area is 158 Å². The number of rotatable bonds is 10. The van der Waals surface area contributed by atoms with Crippen LogP contribution in [0.3, 0.4) is 0 Å². The predicted octanol–water partition coefficient (Wildman–Crippen LogP) is 3.20. The quantitative estimate of drug-likeness (QED) is 0.620. The number of carbonyl (C=O) groups excluding carboxylic acids is 1. The maximum atomic E-state index is 12.3. The molecular formula is C18H22ClNO5S. The van der Waals surface area contributed by atoms with E-state index in [1.165, 1.54) is 12.1 Å². The van der Waals surface area contributed by atoms with E-state index in [0.717, 1.165) is 0 Å². The van der Waals surface area contributed by atoms with E-state index < -0.39 is 9.84 Å². The highest BCUT2D eigenvalue weighted by molar-refractivity contribution is 7.89. The van der Waals surface area contributed by atoms with Crippen molar-refractivity contribution >= 4 is 27.3 Å². The van der Waals surface area contributed by atoms with E-state index in [1.807, 2.05) is 6.92 Å². The number of benzene rings is 1. The molecular weight excluding hydrogens is 378 g/mol. The lowest BCUT2D eigenvalue weighted by Crippen LogP contribution is -2.24. The maximum absolute atomic E-state index is 12.3. The van der Waals surface area contributed by atoms with Crippen LogP contribution in [0.15, 0.2) is 40.8 Å². The summed E-state index contributed by atoms with van der Waals surface area (Å²) in [7, 11) is -3.44. The van der Waals surface area contributed by atoms with E-state index in [4.69, 9.17) is 20.8 Å². The van der Waals surface area contributed by atoms with Crippen molar-refractivity contribution in [1.82, 2.24) is 5.32 Å². The van der Waals surface area contributed by atoms with Gasteiger partial charge in [0.1, 0.15) is 11.5 Å². The molecule has 2 rings (SSSR count). The standard InChI is InChI=1S/C18H22ClNO5S/c1-2-24-10-4-9-20-18(21)17-8-7-16(25-17)13-26(22,23)12-14-5-3-6-15(19)11-14/h3,5-8,11H,2,4,9-10,12-13H2,1H3,(H,20,21). The Kier molecular flexibility index (Phi) is 7.68. The number of hydrogen-bond acceptors (Lipinski definition) is 5. The highest BCUT2D eigenvalue weighted by Crippen LogP contribution is 2.17. The Hall–Kier alpha value is -1.83. The normalized spacial score (nSPS) is 11.5. The van der Waals surface area contributed by atoms with E-state index in [0.29, 0.717) is 36.8 Å². The number of amides is 1. The molecule has 1 amide bonds. The first kappa shape index (κ1) is 20.5. The summed E-state index contributed by atoms with van der Waals surface area (Å²) in [6, 6.07) is 9.68. The lowest BCUT2D eigenvalue weighted by molar-refractivity contribution is 0.0915. The lowest BCUT2D eigenvalue weighted by atomic mass is 10.2. The lowest BCUT2D eigenvalue weighted by Gasteiger charge is -2.04. The molecule has 0 radical (unpaired) electrons. The summed E-state index contributed by atoms with van der Waals surface area (Å²) >= 11 is 5.88. The molecule has 1 aromatic carbocycles. The third kappa shape index (κ3) is 6.82. The maximum Gasteiger partial charge on any atom is 0.286 e. The molecule has 2 aromatic rings. The van der Waals surface area contributed by atoms with E-state index >= 15 is 0 Å². The highest BCUT2D eigenvalue weighted by atomic mass is 35.5. The topological polar surface area (TPSA) is 85.6 Å². The summed E-state index contributed by atoms with van der Waals surface area (Å²) in [5, 5.41) is 3.19. The van der Waals surface area contributed by atoms with Crippen molar-refractivity contribution in [2.45, 2.75) is 24.9 Å². The third-order valence-corrected chi connectivity index (χ3v) is 5.21. The number of nitrogens with one attached hydrogen (secondary N) is 1. The fourth-order valence-corrected chi connectivity index (χ4v) is 3.92. The summed E-state index contributed by atoms with van der Waals surface area (Å²) in [5.74, 6) is -0.481. The van der Waals surface area contributed by atoms with Crippen molar-refractivity contribution in [3.05, 3.63) is 58.5 Å². The first-order valence-electron chi connectivity index (χ1n) is 8.29. The number of furan rings is 1. The summed E-state index contributed by atoms with van der Waals surface area (Å²) in [5.41, 5.74) is 0.608. The van der Waals surface area contributed by atoms with Gasteiger partial charge in [-0.3, -0.25) is 4.79 Å². The first-order chi connectivity index (χ1) is 12.4. The average Bonchev–Trinajstić information content (AvgIpc) is 3.01. The van der Waals surface area contributed by atoms with E-state index in [2.05, 4.69) is 5.32 Å². The van der Waals surface area contributed by atoms with Crippen LogP contribution in [0.1, 0.15) is 35.2 Å². The van der Waals surface area contributed by atoms with Gasteiger partial charge in [-0.2, -0.15) is 0 Å². The summed E-state index contributed by atoms with van der Waals surface area (Å²) < 4.78 is 35.2. The number of carbonyl (C=O) groups is 1. The van der Waals surface area contributed by atoms with Crippen LogP contribution in [0.25, 0.3) is 0 Å². The molecule has 0 spiro atoms. The molecule has 0 saturated carbocycles. The molecule has 1 heterocycles. The van der Waals surface area contributed by atoms with Crippen LogP contribution in [-0.4, -0.2) is 34.1 Å². The summed E-state index contributed by atoms with van der Waals surface area (Å²) in [6.45, 7) is 3.58. The molecule has 6 nitrogen and oxygen atoms in total. The first-order valence-corrected chi connectivity index (χ1v) is 10.5. The molecule has 142 valence electrons. The van der Waals surface area contributed by atoms with Crippen LogP contribution in [0.2, 0.25) is 5.02 Å². The Morgan fingerprint density at radius 2 is 2.04 bits per heavy atom. The van der Waals surface area contributed by atoms with Gasteiger partial charge in [0.05, 0.1) is 5.75 Å². The Bertz CT molecular complexity index is 832. The Balaban J connectivity index is 1.89. The zero-order valence-electron chi connectivity index (χ0n) is 14.5. The molecule has 0 atom stereocenters. The molecule has 0 aliphatic heterocycles. The number of sulfone groups is 1. The second-order valence-corrected chi connectivity index (χ2v) is 8.24. The van der Waals surface area contributed by atoms with Gasteiger partial charge >= 0.3 is 0 Å². The number of hydrogen-bond donors (Lipinski definition) is 1. The molecule has 0 unspecified atom stereocenters. The molecule has 0 bridgehead atoms. The zero-order valence-corrected chi connectivity index (χ0v) is 16.1. The van der Waals surface area contributed by atoms with E-state index in [-0.39, 0.29) is 28.9 Å². The van der Waals surface area contributed by atoms with Crippen molar-refractivity contribution in [3.8, 4) is 0 Å².